The molecular weight excluding hydrogens is 260 g/mol. The van der Waals surface area contributed by atoms with E-state index in [0.717, 1.165) is 29.9 Å². The first-order valence-corrected chi connectivity index (χ1v) is 7.63. The van der Waals surface area contributed by atoms with Gasteiger partial charge in [-0.2, -0.15) is 0 Å². The normalized spacial score (nSPS) is 12.1. The highest BCUT2D eigenvalue weighted by Gasteiger charge is 2.03. The zero-order chi connectivity index (χ0) is 15.1. The van der Waals surface area contributed by atoms with Gasteiger partial charge in [-0.05, 0) is 55.5 Å². The summed E-state index contributed by atoms with van der Waals surface area (Å²) in [7, 11) is 0. The van der Waals surface area contributed by atoms with E-state index in [2.05, 4.69) is 24.0 Å². The second-order valence-corrected chi connectivity index (χ2v) is 5.56. The predicted molar refractivity (Wildman–Crippen MR) is 86.7 cm³/mol. The molecule has 0 fully saturated rings. The lowest BCUT2D eigenvalue weighted by Crippen LogP contribution is -2.17. The Morgan fingerprint density at radius 2 is 1.86 bits per heavy atom. The molecule has 1 aromatic heterocycles. The quantitative estimate of drug-likeness (QED) is 0.832. The van der Waals surface area contributed by atoms with Crippen molar-refractivity contribution in [1.29, 1.82) is 0 Å². The summed E-state index contributed by atoms with van der Waals surface area (Å²) in [5.74, 6) is 1.60. The van der Waals surface area contributed by atoms with Crippen molar-refractivity contribution in [2.24, 2.45) is 5.73 Å². The van der Waals surface area contributed by atoms with E-state index >= 15 is 0 Å². The van der Waals surface area contributed by atoms with Crippen LogP contribution in [0.25, 0.3) is 0 Å². The van der Waals surface area contributed by atoms with Gasteiger partial charge in [0, 0.05) is 12.2 Å². The lowest BCUT2D eigenvalue weighted by molar-refractivity contribution is 0.479. The Hall–Kier alpha value is -1.87. The molecule has 3 nitrogen and oxygen atoms in total. The minimum atomic E-state index is 0.125. The van der Waals surface area contributed by atoms with Gasteiger partial charge in [0.05, 0.1) is 6.20 Å². The number of benzene rings is 1. The van der Waals surface area contributed by atoms with Gasteiger partial charge in [-0.15, -0.1) is 0 Å². The molecule has 2 rings (SSSR count). The number of ether oxygens (including phenoxy) is 1. The molecule has 0 aliphatic heterocycles. The molecule has 2 aromatic rings. The maximum absolute atomic E-state index is 5.86. The van der Waals surface area contributed by atoms with Crippen molar-refractivity contribution < 1.29 is 4.74 Å². The van der Waals surface area contributed by atoms with E-state index in [1.54, 1.807) is 6.20 Å². The molecule has 0 aliphatic carbocycles. The number of aryl methyl sites for hydroxylation is 1. The third-order valence-corrected chi connectivity index (χ3v) is 3.31. The van der Waals surface area contributed by atoms with Gasteiger partial charge in [0.1, 0.15) is 11.5 Å². The summed E-state index contributed by atoms with van der Waals surface area (Å²) in [6, 6.07) is 10.4. The summed E-state index contributed by atoms with van der Waals surface area (Å²) in [6.45, 7) is 4.20. The Bertz CT molecular complexity index is 549. The maximum atomic E-state index is 5.86. The number of hydrogen-bond acceptors (Lipinski definition) is 3. The Morgan fingerprint density at radius 1 is 1.10 bits per heavy atom. The van der Waals surface area contributed by atoms with Gasteiger partial charge in [-0.3, -0.25) is 4.98 Å². The van der Waals surface area contributed by atoms with Crippen LogP contribution in [0, 0.1) is 0 Å². The van der Waals surface area contributed by atoms with Gasteiger partial charge in [0.15, 0.2) is 0 Å². The zero-order valence-electron chi connectivity index (χ0n) is 12.9. The number of unbranched alkanes of at least 4 members (excludes halogenated alkanes) is 1. The summed E-state index contributed by atoms with van der Waals surface area (Å²) < 4.78 is 5.86. The van der Waals surface area contributed by atoms with Crippen LogP contribution < -0.4 is 10.5 Å². The maximum Gasteiger partial charge on any atom is 0.145 e. The molecule has 1 aromatic carbocycles. The van der Waals surface area contributed by atoms with Crippen LogP contribution in [0.4, 0.5) is 0 Å². The summed E-state index contributed by atoms with van der Waals surface area (Å²) in [4.78, 5) is 4.21. The number of nitrogens with two attached hydrogens (primary N) is 1. The van der Waals surface area contributed by atoms with Crippen molar-refractivity contribution in [3.8, 4) is 11.5 Å². The Kier molecular flexibility index (Phi) is 5.76. The fraction of sp³-hybridized carbons (Fsp3) is 0.389. The van der Waals surface area contributed by atoms with Gasteiger partial charge in [0.2, 0.25) is 0 Å². The van der Waals surface area contributed by atoms with Gasteiger partial charge in [-0.25, -0.2) is 0 Å². The predicted octanol–water partition coefficient (Wildman–Crippen LogP) is 4.11. The first kappa shape index (κ1) is 15.5. The molecule has 112 valence electrons. The number of hydrogen-bond donors (Lipinski definition) is 1. The average molecular weight is 284 g/mol. The number of pyridine rings is 1. The molecule has 21 heavy (non-hydrogen) atoms. The SMILES string of the molecule is CCCCc1ccc(Oc2cncc(CC(C)N)c2)cc1. The molecule has 1 heterocycles. The number of rotatable bonds is 7. The molecule has 0 bridgehead atoms. The van der Waals surface area contributed by atoms with Gasteiger partial charge < -0.3 is 10.5 Å². The first-order valence-electron chi connectivity index (χ1n) is 7.63. The Labute approximate surface area is 127 Å². The largest absolute Gasteiger partial charge is 0.456 e. The van der Waals surface area contributed by atoms with E-state index in [1.807, 2.05) is 31.3 Å². The zero-order valence-corrected chi connectivity index (χ0v) is 12.9. The highest BCUT2D eigenvalue weighted by atomic mass is 16.5. The van der Waals surface area contributed by atoms with Crippen molar-refractivity contribution in [1.82, 2.24) is 4.98 Å². The summed E-state index contributed by atoms with van der Waals surface area (Å²) in [6.07, 6.45) is 7.95. The topological polar surface area (TPSA) is 48.1 Å². The summed E-state index contributed by atoms with van der Waals surface area (Å²) in [5, 5.41) is 0. The molecule has 0 saturated heterocycles. The van der Waals surface area contributed by atoms with Crippen LogP contribution in [0.1, 0.15) is 37.8 Å². The van der Waals surface area contributed by atoms with Crippen molar-refractivity contribution >= 4 is 0 Å². The van der Waals surface area contributed by atoms with Crippen LogP contribution in [-0.4, -0.2) is 11.0 Å². The van der Waals surface area contributed by atoms with Crippen LogP contribution in [0.3, 0.4) is 0 Å². The van der Waals surface area contributed by atoms with Gasteiger partial charge in [-0.1, -0.05) is 25.5 Å². The Morgan fingerprint density at radius 3 is 2.52 bits per heavy atom. The van der Waals surface area contributed by atoms with Crippen LogP contribution >= 0.6 is 0 Å². The van der Waals surface area contributed by atoms with E-state index in [9.17, 15) is 0 Å². The minimum Gasteiger partial charge on any atom is -0.456 e. The second kappa shape index (κ2) is 7.79. The van der Waals surface area contributed by atoms with E-state index in [4.69, 9.17) is 10.5 Å². The van der Waals surface area contributed by atoms with Gasteiger partial charge in [0.25, 0.3) is 0 Å². The van der Waals surface area contributed by atoms with Crippen molar-refractivity contribution in [2.45, 2.75) is 45.6 Å². The summed E-state index contributed by atoms with van der Waals surface area (Å²) in [5.41, 5.74) is 8.27. The molecular formula is C18H24N2O. The molecule has 1 atom stereocenters. The second-order valence-electron chi connectivity index (χ2n) is 5.56. The monoisotopic (exact) mass is 284 g/mol. The van der Waals surface area contributed by atoms with Crippen molar-refractivity contribution in [3.63, 3.8) is 0 Å². The molecule has 0 spiro atoms. The van der Waals surface area contributed by atoms with E-state index in [-0.39, 0.29) is 6.04 Å². The molecule has 3 heteroatoms. The highest BCUT2D eigenvalue weighted by Crippen LogP contribution is 2.22. The third-order valence-electron chi connectivity index (χ3n) is 3.31. The lowest BCUT2D eigenvalue weighted by atomic mass is 10.1. The van der Waals surface area contributed by atoms with Crippen molar-refractivity contribution in [3.05, 3.63) is 53.9 Å². The molecule has 0 saturated carbocycles. The van der Waals surface area contributed by atoms with Crippen LogP contribution in [0.15, 0.2) is 42.7 Å². The number of nitrogens with zero attached hydrogens (tertiary/aromatic N) is 1. The third kappa shape index (κ3) is 5.20. The molecule has 0 amide bonds. The van der Waals surface area contributed by atoms with E-state index < -0.39 is 0 Å². The van der Waals surface area contributed by atoms with Crippen LogP contribution in [-0.2, 0) is 12.8 Å². The van der Waals surface area contributed by atoms with E-state index in [1.165, 1.54) is 18.4 Å². The molecule has 0 aliphatic rings. The van der Waals surface area contributed by atoms with Gasteiger partial charge >= 0.3 is 0 Å². The fourth-order valence-electron chi connectivity index (χ4n) is 2.24. The van der Waals surface area contributed by atoms with Crippen molar-refractivity contribution in [2.75, 3.05) is 0 Å². The molecule has 1 unspecified atom stereocenters. The summed E-state index contributed by atoms with van der Waals surface area (Å²) >= 11 is 0. The number of aromatic nitrogens is 1. The smallest absolute Gasteiger partial charge is 0.145 e. The van der Waals surface area contributed by atoms with Crippen LogP contribution in [0.2, 0.25) is 0 Å². The van der Waals surface area contributed by atoms with E-state index in [0.29, 0.717) is 0 Å². The minimum absolute atomic E-state index is 0.125. The average Bonchev–Trinajstić information content (AvgIpc) is 2.46. The lowest BCUT2D eigenvalue weighted by Gasteiger charge is -2.09. The molecule has 2 N–H and O–H groups in total. The van der Waals surface area contributed by atoms with Crippen LogP contribution in [0.5, 0.6) is 11.5 Å². The first-order chi connectivity index (χ1) is 10.2. The standard InChI is InChI=1S/C18H24N2O/c1-3-4-5-15-6-8-17(9-7-15)21-18-11-16(10-14(2)19)12-20-13-18/h6-9,11-14H,3-5,10,19H2,1-2H3. The molecule has 0 radical (unpaired) electrons. The highest BCUT2D eigenvalue weighted by molar-refractivity contribution is 5.33. The fourth-order valence-corrected chi connectivity index (χ4v) is 2.24. The Balaban J connectivity index is 2.00.